The summed E-state index contributed by atoms with van der Waals surface area (Å²) in [7, 11) is 1.36. The summed E-state index contributed by atoms with van der Waals surface area (Å²) in [6, 6.07) is 7.32. The number of anilines is 1. The van der Waals surface area contributed by atoms with Gasteiger partial charge in [-0.25, -0.2) is 4.79 Å². The van der Waals surface area contributed by atoms with E-state index < -0.39 is 6.09 Å². The lowest BCUT2D eigenvalue weighted by Crippen LogP contribution is -2.40. The van der Waals surface area contributed by atoms with E-state index in [1.54, 1.807) is 0 Å². The molecule has 0 aromatic heterocycles. The van der Waals surface area contributed by atoms with Crippen molar-refractivity contribution in [1.29, 1.82) is 0 Å². The smallest absolute Gasteiger partial charge is 0.415 e. The highest BCUT2D eigenvalue weighted by molar-refractivity contribution is 9.12. The Morgan fingerprint density at radius 2 is 2.24 bits per heavy atom. The van der Waals surface area contributed by atoms with Crippen LogP contribution in [0, 0.1) is 10.8 Å². The van der Waals surface area contributed by atoms with Gasteiger partial charge in [0, 0.05) is 15.9 Å². The lowest BCUT2D eigenvalue weighted by molar-refractivity contribution is 0.178. The van der Waals surface area contributed by atoms with Crippen molar-refractivity contribution in [1.82, 2.24) is 0 Å². The van der Waals surface area contributed by atoms with Gasteiger partial charge in [0.15, 0.2) is 0 Å². The summed E-state index contributed by atoms with van der Waals surface area (Å²) < 4.78 is 4.79. The molecule has 0 radical (unpaired) electrons. The fourth-order valence-corrected chi connectivity index (χ4v) is 1.99. The first kappa shape index (κ1) is 11.7. The van der Waals surface area contributed by atoms with Crippen LogP contribution in [0.1, 0.15) is 5.56 Å². The van der Waals surface area contributed by atoms with Gasteiger partial charge in [-0.2, -0.15) is 0 Å². The zero-order chi connectivity index (χ0) is 12.3. The molecule has 0 saturated carbocycles. The van der Waals surface area contributed by atoms with Gasteiger partial charge in [-0.15, -0.1) is 0 Å². The Morgan fingerprint density at radius 1 is 1.47 bits per heavy atom. The monoisotopic (exact) mass is 291 g/mol. The van der Waals surface area contributed by atoms with Crippen molar-refractivity contribution in [2.75, 3.05) is 12.0 Å². The highest BCUT2D eigenvalue weighted by Gasteiger charge is 2.27. The van der Waals surface area contributed by atoms with Crippen LogP contribution in [0.3, 0.4) is 0 Å². The third kappa shape index (κ3) is 2.20. The number of rotatable bonds is 0. The maximum Gasteiger partial charge on any atom is 0.415 e. The molecule has 0 fully saturated rings. The van der Waals surface area contributed by atoms with Crippen LogP contribution in [0.5, 0.6) is 0 Å². The Kier molecular flexibility index (Phi) is 3.50. The van der Waals surface area contributed by atoms with Gasteiger partial charge in [-0.1, -0.05) is 30.2 Å². The van der Waals surface area contributed by atoms with Crippen molar-refractivity contribution in [3.8, 4) is 10.8 Å². The summed E-state index contributed by atoms with van der Waals surface area (Å²) in [4.78, 5) is 16.0. The summed E-state index contributed by atoms with van der Waals surface area (Å²) in [5, 5.41) is 0. The Bertz CT molecular complexity index is 528. The van der Waals surface area contributed by atoms with E-state index in [1.165, 1.54) is 12.0 Å². The van der Waals surface area contributed by atoms with E-state index in [1.807, 2.05) is 36.4 Å². The molecule has 1 unspecified atom stereocenters. The van der Waals surface area contributed by atoms with Crippen LogP contribution in [0.25, 0.3) is 6.08 Å². The standard InChI is InChI=1S/C13H10BrNO2/c1-17-13(16)15-11(8-9-14)7-6-10-4-2-3-5-12(10)15/h2-7,11H,1H3. The number of hydrogen-bond acceptors (Lipinski definition) is 2. The van der Waals surface area contributed by atoms with Gasteiger partial charge in [0.25, 0.3) is 0 Å². The maximum absolute atomic E-state index is 11.8. The topological polar surface area (TPSA) is 29.5 Å². The molecule has 1 aliphatic heterocycles. The van der Waals surface area contributed by atoms with Crippen molar-refractivity contribution in [2.24, 2.45) is 0 Å². The van der Waals surface area contributed by atoms with Gasteiger partial charge < -0.3 is 4.74 Å². The predicted molar refractivity (Wildman–Crippen MR) is 70.9 cm³/mol. The van der Waals surface area contributed by atoms with Crippen molar-refractivity contribution in [3.05, 3.63) is 35.9 Å². The molecule has 1 aliphatic rings. The third-order valence-electron chi connectivity index (χ3n) is 2.51. The molecule has 0 saturated heterocycles. The molecule has 2 rings (SSSR count). The molecule has 1 atom stereocenters. The van der Waals surface area contributed by atoms with E-state index in [0.717, 1.165) is 11.3 Å². The minimum absolute atomic E-state index is 0.309. The summed E-state index contributed by atoms with van der Waals surface area (Å²) in [6.45, 7) is 0. The van der Waals surface area contributed by atoms with Crippen LogP contribution in [-0.4, -0.2) is 19.2 Å². The lowest BCUT2D eigenvalue weighted by Gasteiger charge is -2.29. The summed E-state index contributed by atoms with van der Waals surface area (Å²) >= 11 is 3.05. The van der Waals surface area contributed by atoms with Crippen molar-refractivity contribution in [2.45, 2.75) is 6.04 Å². The van der Waals surface area contributed by atoms with Crippen LogP contribution in [-0.2, 0) is 4.74 Å². The largest absolute Gasteiger partial charge is 0.452 e. The first-order valence-electron chi connectivity index (χ1n) is 5.03. The zero-order valence-electron chi connectivity index (χ0n) is 9.18. The number of halogens is 1. The molecule has 17 heavy (non-hydrogen) atoms. The first-order valence-corrected chi connectivity index (χ1v) is 5.83. The Morgan fingerprint density at radius 3 is 2.94 bits per heavy atom. The van der Waals surface area contributed by atoms with Crippen molar-refractivity contribution >= 4 is 33.8 Å². The minimum atomic E-state index is -0.415. The van der Waals surface area contributed by atoms with E-state index >= 15 is 0 Å². The number of para-hydroxylation sites is 1. The van der Waals surface area contributed by atoms with Gasteiger partial charge in [0.2, 0.25) is 0 Å². The molecular weight excluding hydrogens is 282 g/mol. The number of fused-ring (bicyclic) bond motifs is 1. The average Bonchev–Trinajstić information content (AvgIpc) is 2.38. The second kappa shape index (κ2) is 5.07. The van der Waals surface area contributed by atoms with E-state index in [0.29, 0.717) is 0 Å². The van der Waals surface area contributed by atoms with Gasteiger partial charge in [0.05, 0.1) is 12.8 Å². The van der Waals surface area contributed by atoms with E-state index in [-0.39, 0.29) is 6.04 Å². The van der Waals surface area contributed by atoms with Crippen LogP contribution in [0.15, 0.2) is 30.3 Å². The fraction of sp³-hybridized carbons (Fsp3) is 0.154. The Labute approximate surface area is 108 Å². The van der Waals surface area contributed by atoms with Crippen LogP contribution < -0.4 is 4.90 Å². The Hall–Kier alpha value is -1.73. The number of benzene rings is 1. The molecule has 1 heterocycles. The van der Waals surface area contributed by atoms with E-state index in [2.05, 4.69) is 26.7 Å². The molecule has 1 aromatic carbocycles. The predicted octanol–water partition coefficient (Wildman–Crippen LogP) is 3.01. The molecule has 86 valence electrons. The SMILES string of the molecule is COC(=O)N1c2ccccc2C=CC1C#CBr. The molecule has 0 spiro atoms. The number of nitrogens with zero attached hydrogens (tertiary/aromatic N) is 1. The fourth-order valence-electron chi connectivity index (χ4n) is 1.76. The van der Waals surface area contributed by atoms with E-state index in [9.17, 15) is 4.79 Å². The zero-order valence-corrected chi connectivity index (χ0v) is 10.8. The minimum Gasteiger partial charge on any atom is -0.452 e. The second-order valence-electron chi connectivity index (χ2n) is 3.44. The molecular formula is C13H10BrNO2. The van der Waals surface area contributed by atoms with E-state index in [4.69, 9.17) is 4.74 Å². The number of hydrogen-bond donors (Lipinski definition) is 0. The van der Waals surface area contributed by atoms with Gasteiger partial charge in [-0.05, 0) is 22.5 Å². The molecule has 0 N–H and O–H groups in total. The number of carbonyl (C=O) groups is 1. The second-order valence-corrected chi connectivity index (χ2v) is 3.84. The highest BCUT2D eigenvalue weighted by atomic mass is 79.9. The Balaban J connectivity index is 2.50. The van der Waals surface area contributed by atoms with Gasteiger partial charge in [0.1, 0.15) is 6.04 Å². The lowest BCUT2D eigenvalue weighted by atomic mass is 10.0. The summed E-state index contributed by atoms with van der Waals surface area (Å²) in [6.07, 6.45) is 3.41. The summed E-state index contributed by atoms with van der Waals surface area (Å²) in [5.41, 5.74) is 1.78. The quantitative estimate of drug-likeness (QED) is 0.688. The summed E-state index contributed by atoms with van der Waals surface area (Å²) in [5.74, 6) is 2.90. The van der Waals surface area contributed by atoms with Crippen molar-refractivity contribution in [3.63, 3.8) is 0 Å². The number of methoxy groups -OCH3 is 1. The van der Waals surface area contributed by atoms with Crippen molar-refractivity contribution < 1.29 is 9.53 Å². The average molecular weight is 292 g/mol. The normalized spacial score (nSPS) is 16.8. The molecule has 1 amide bonds. The molecule has 4 heteroatoms. The molecule has 1 aromatic rings. The van der Waals surface area contributed by atoms with Gasteiger partial charge >= 0.3 is 6.09 Å². The first-order chi connectivity index (χ1) is 8.27. The number of amides is 1. The third-order valence-corrected chi connectivity index (χ3v) is 2.74. The van der Waals surface area contributed by atoms with Gasteiger partial charge in [-0.3, -0.25) is 4.90 Å². The van der Waals surface area contributed by atoms with Crippen LogP contribution in [0.4, 0.5) is 10.5 Å². The number of ether oxygens (including phenoxy) is 1. The highest BCUT2D eigenvalue weighted by Crippen LogP contribution is 2.29. The molecule has 0 aliphatic carbocycles. The number of carbonyl (C=O) groups excluding carboxylic acids is 1. The maximum atomic E-state index is 11.8. The van der Waals surface area contributed by atoms with Crippen LogP contribution in [0.2, 0.25) is 0 Å². The van der Waals surface area contributed by atoms with Crippen LogP contribution >= 0.6 is 15.9 Å². The molecule has 3 nitrogen and oxygen atoms in total. The molecule has 0 bridgehead atoms.